The van der Waals surface area contributed by atoms with Gasteiger partial charge < -0.3 is 10.2 Å². The molecule has 0 spiro atoms. The van der Waals surface area contributed by atoms with E-state index in [0.29, 0.717) is 11.1 Å². The summed E-state index contributed by atoms with van der Waals surface area (Å²) in [4.78, 5) is 0. The molecule has 0 aliphatic heterocycles. The van der Waals surface area contributed by atoms with Gasteiger partial charge in [-0.1, -0.05) is 18.2 Å². The van der Waals surface area contributed by atoms with Crippen molar-refractivity contribution in [1.82, 2.24) is 0 Å². The highest BCUT2D eigenvalue weighted by molar-refractivity contribution is 5.41. The maximum absolute atomic E-state index is 9.41. The zero-order valence-electron chi connectivity index (χ0n) is 6.49. The third-order valence-electron chi connectivity index (χ3n) is 1.64. The van der Waals surface area contributed by atoms with Crippen molar-refractivity contribution in [2.45, 2.75) is 13.0 Å². The molecule has 0 unspecified atom stereocenters. The number of nitriles is 1. The van der Waals surface area contributed by atoms with Crippen molar-refractivity contribution in [3.05, 3.63) is 29.3 Å². The molecule has 0 aliphatic rings. The number of phenols is 1. The zero-order chi connectivity index (χ0) is 8.97. The monoisotopic (exact) mass is 163 g/mol. The van der Waals surface area contributed by atoms with E-state index < -0.39 is 0 Å². The van der Waals surface area contributed by atoms with Gasteiger partial charge in [-0.05, 0) is 0 Å². The number of aliphatic hydroxyl groups excluding tert-OH is 1. The molecule has 0 radical (unpaired) electrons. The average molecular weight is 163 g/mol. The van der Waals surface area contributed by atoms with Gasteiger partial charge in [0.1, 0.15) is 5.75 Å². The lowest BCUT2D eigenvalue weighted by Crippen LogP contribution is -1.89. The van der Waals surface area contributed by atoms with Crippen LogP contribution in [0.25, 0.3) is 0 Å². The summed E-state index contributed by atoms with van der Waals surface area (Å²) in [6.45, 7) is -0.203. The lowest BCUT2D eigenvalue weighted by atomic mass is 10.1. The summed E-state index contributed by atoms with van der Waals surface area (Å²) in [5.74, 6) is 0.0292. The van der Waals surface area contributed by atoms with Crippen LogP contribution in [0.1, 0.15) is 11.1 Å². The Balaban J connectivity index is 3.07. The fraction of sp³-hybridized carbons (Fsp3) is 0.222. The van der Waals surface area contributed by atoms with Gasteiger partial charge in [-0.15, -0.1) is 0 Å². The first-order chi connectivity index (χ1) is 5.79. The first-order valence-corrected chi connectivity index (χ1v) is 3.57. The van der Waals surface area contributed by atoms with Crippen LogP contribution < -0.4 is 0 Å². The normalized spacial score (nSPS) is 9.33. The Bertz CT molecular complexity index is 315. The third-order valence-corrected chi connectivity index (χ3v) is 1.64. The number of hydrogen-bond donors (Lipinski definition) is 2. The summed E-state index contributed by atoms with van der Waals surface area (Å²) in [6, 6.07) is 6.93. The fourth-order valence-electron chi connectivity index (χ4n) is 1.000. The molecule has 0 bridgehead atoms. The molecule has 0 aliphatic carbocycles. The van der Waals surface area contributed by atoms with Crippen LogP contribution in [0.4, 0.5) is 0 Å². The molecule has 3 nitrogen and oxygen atoms in total. The van der Waals surface area contributed by atoms with Gasteiger partial charge >= 0.3 is 0 Å². The van der Waals surface area contributed by atoms with E-state index in [4.69, 9.17) is 10.4 Å². The van der Waals surface area contributed by atoms with E-state index in [9.17, 15) is 5.11 Å². The molecular weight excluding hydrogens is 154 g/mol. The van der Waals surface area contributed by atoms with Crippen molar-refractivity contribution >= 4 is 0 Å². The van der Waals surface area contributed by atoms with E-state index in [-0.39, 0.29) is 18.8 Å². The summed E-state index contributed by atoms with van der Waals surface area (Å²) in [5.41, 5.74) is 1.02. The zero-order valence-corrected chi connectivity index (χ0v) is 6.49. The Hall–Kier alpha value is -1.53. The van der Waals surface area contributed by atoms with Gasteiger partial charge in [0.25, 0.3) is 0 Å². The van der Waals surface area contributed by atoms with Crippen molar-refractivity contribution in [2.75, 3.05) is 0 Å². The topological polar surface area (TPSA) is 64.2 Å². The molecule has 0 amide bonds. The van der Waals surface area contributed by atoms with Gasteiger partial charge in [-0.3, -0.25) is 0 Å². The van der Waals surface area contributed by atoms with Crippen LogP contribution in [-0.4, -0.2) is 10.2 Å². The van der Waals surface area contributed by atoms with E-state index in [0.717, 1.165) is 0 Å². The first-order valence-electron chi connectivity index (χ1n) is 3.57. The number of hydrogen-bond acceptors (Lipinski definition) is 3. The van der Waals surface area contributed by atoms with Crippen molar-refractivity contribution < 1.29 is 10.2 Å². The van der Waals surface area contributed by atoms with E-state index in [1.165, 1.54) is 0 Å². The van der Waals surface area contributed by atoms with E-state index in [1.807, 2.05) is 6.07 Å². The van der Waals surface area contributed by atoms with Crippen LogP contribution in [0.3, 0.4) is 0 Å². The summed E-state index contributed by atoms with van der Waals surface area (Å²) >= 11 is 0. The molecular formula is C9H9NO2. The lowest BCUT2D eigenvalue weighted by molar-refractivity contribution is 0.275. The van der Waals surface area contributed by atoms with Crippen molar-refractivity contribution in [2.24, 2.45) is 0 Å². The number of aliphatic hydroxyl groups is 1. The number of aromatic hydroxyl groups is 1. The van der Waals surface area contributed by atoms with Gasteiger partial charge in [0, 0.05) is 11.1 Å². The number of rotatable bonds is 2. The summed E-state index contributed by atoms with van der Waals surface area (Å²) < 4.78 is 0. The van der Waals surface area contributed by atoms with Crippen LogP contribution >= 0.6 is 0 Å². The molecule has 12 heavy (non-hydrogen) atoms. The van der Waals surface area contributed by atoms with Crippen molar-refractivity contribution in [3.63, 3.8) is 0 Å². The Morgan fingerprint density at radius 1 is 1.33 bits per heavy atom. The van der Waals surface area contributed by atoms with Gasteiger partial charge in [-0.25, -0.2) is 0 Å². The number of nitrogens with zero attached hydrogens (tertiary/aromatic N) is 1. The molecule has 0 fully saturated rings. The van der Waals surface area contributed by atoms with Gasteiger partial charge in [-0.2, -0.15) is 5.26 Å². The van der Waals surface area contributed by atoms with Gasteiger partial charge in [0.15, 0.2) is 0 Å². The highest BCUT2D eigenvalue weighted by Crippen LogP contribution is 2.22. The number of para-hydroxylation sites is 1. The molecule has 0 aromatic heterocycles. The SMILES string of the molecule is N#CCc1cccc(CO)c1O. The van der Waals surface area contributed by atoms with Gasteiger partial charge in [0.05, 0.1) is 19.1 Å². The molecule has 3 heteroatoms. The molecule has 0 atom stereocenters. The second-order valence-corrected chi connectivity index (χ2v) is 2.42. The van der Waals surface area contributed by atoms with Crippen molar-refractivity contribution in [1.29, 1.82) is 5.26 Å². The van der Waals surface area contributed by atoms with Crippen LogP contribution in [0, 0.1) is 11.3 Å². The highest BCUT2D eigenvalue weighted by Gasteiger charge is 2.04. The minimum atomic E-state index is -0.203. The Labute approximate surface area is 70.5 Å². The minimum absolute atomic E-state index is 0.0292. The second kappa shape index (κ2) is 3.74. The first kappa shape index (κ1) is 8.57. The summed E-state index contributed by atoms with van der Waals surface area (Å²) in [7, 11) is 0. The quantitative estimate of drug-likeness (QED) is 0.682. The molecule has 1 rings (SSSR count). The predicted octanol–water partition coefficient (Wildman–Crippen LogP) is 0.951. The third kappa shape index (κ3) is 1.55. The molecule has 1 aromatic carbocycles. The molecule has 0 saturated carbocycles. The molecule has 0 heterocycles. The van der Waals surface area contributed by atoms with Crippen LogP contribution in [-0.2, 0) is 13.0 Å². The Morgan fingerprint density at radius 3 is 2.58 bits per heavy atom. The minimum Gasteiger partial charge on any atom is -0.507 e. The molecule has 62 valence electrons. The van der Waals surface area contributed by atoms with Crippen LogP contribution in [0.5, 0.6) is 5.75 Å². The average Bonchev–Trinajstić information content (AvgIpc) is 2.09. The predicted molar refractivity (Wildman–Crippen MR) is 43.3 cm³/mol. The van der Waals surface area contributed by atoms with E-state index >= 15 is 0 Å². The van der Waals surface area contributed by atoms with Crippen LogP contribution in [0.2, 0.25) is 0 Å². The van der Waals surface area contributed by atoms with E-state index in [1.54, 1.807) is 18.2 Å². The van der Waals surface area contributed by atoms with Crippen LogP contribution in [0.15, 0.2) is 18.2 Å². The Kier molecular flexibility index (Phi) is 2.67. The molecule has 0 saturated heterocycles. The largest absolute Gasteiger partial charge is 0.507 e. The fourth-order valence-corrected chi connectivity index (χ4v) is 1.000. The number of benzene rings is 1. The molecule has 2 N–H and O–H groups in total. The molecule has 1 aromatic rings. The van der Waals surface area contributed by atoms with E-state index in [2.05, 4.69) is 0 Å². The summed E-state index contributed by atoms with van der Waals surface area (Å²) in [5, 5.41) is 26.6. The standard InChI is InChI=1S/C9H9NO2/c10-5-4-7-2-1-3-8(6-11)9(7)12/h1-3,11-12H,4,6H2. The lowest BCUT2D eigenvalue weighted by Gasteiger charge is -2.03. The Morgan fingerprint density at radius 2 is 2.00 bits per heavy atom. The maximum atomic E-state index is 9.41. The second-order valence-electron chi connectivity index (χ2n) is 2.42. The smallest absolute Gasteiger partial charge is 0.125 e. The van der Waals surface area contributed by atoms with Crippen molar-refractivity contribution in [3.8, 4) is 11.8 Å². The van der Waals surface area contributed by atoms with Gasteiger partial charge in [0.2, 0.25) is 0 Å². The highest BCUT2D eigenvalue weighted by atomic mass is 16.3. The maximum Gasteiger partial charge on any atom is 0.125 e. The summed E-state index contributed by atoms with van der Waals surface area (Å²) in [6.07, 6.45) is 0.166.